The van der Waals surface area contributed by atoms with Crippen molar-refractivity contribution in [3.63, 3.8) is 0 Å². The Labute approximate surface area is 109 Å². The van der Waals surface area contributed by atoms with Gasteiger partial charge in [0.1, 0.15) is 0 Å². The molecule has 0 bridgehead atoms. The lowest BCUT2D eigenvalue weighted by atomic mass is 10.1. The summed E-state index contributed by atoms with van der Waals surface area (Å²) in [5, 5.41) is 4.31. The van der Waals surface area contributed by atoms with Gasteiger partial charge in [-0.25, -0.2) is 0 Å². The quantitative estimate of drug-likeness (QED) is 0.811. The third-order valence-electron chi connectivity index (χ3n) is 3.57. The lowest BCUT2D eigenvalue weighted by Crippen LogP contribution is -2.28. The number of nitrogens with zero attached hydrogens (tertiary/aromatic N) is 1. The lowest BCUT2D eigenvalue weighted by molar-refractivity contribution is 0.293. The van der Waals surface area contributed by atoms with Gasteiger partial charge in [-0.15, -0.1) is 0 Å². The first kappa shape index (κ1) is 12.9. The van der Waals surface area contributed by atoms with Crippen molar-refractivity contribution in [2.24, 2.45) is 0 Å². The van der Waals surface area contributed by atoms with E-state index in [1.54, 1.807) is 0 Å². The predicted molar refractivity (Wildman–Crippen MR) is 73.4 cm³/mol. The fourth-order valence-corrected chi connectivity index (χ4v) is 2.57. The van der Waals surface area contributed by atoms with Crippen molar-refractivity contribution in [1.29, 1.82) is 0 Å². The topological polar surface area (TPSA) is 15.3 Å². The summed E-state index contributed by atoms with van der Waals surface area (Å²) in [4.78, 5) is 2.48. The maximum absolute atomic E-state index is 5.85. The molecule has 0 aromatic heterocycles. The van der Waals surface area contributed by atoms with Crippen LogP contribution in [0.1, 0.15) is 24.8 Å². The molecule has 1 atom stereocenters. The molecule has 1 fully saturated rings. The van der Waals surface area contributed by atoms with Crippen molar-refractivity contribution in [2.45, 2.75) is 31.8 Å². The molecule has 1 saturated heterocycles. The molecule has 1 aliphatic heterocycles. The number of rotatable bonds is 5. The minimum Gasteiger partial charge on any atom is -0.313 e. The molecule has 0 saturated carbocycles. The fourth-order valence-electron chi connectivity index (χ4n) is 2.45. The fraction of sp³-hybridized carbons (Fsp3) is 0.571. The van der Waals surface area contributed by atoms with Crippen molar-refractivity contribution in [2.75, 3.05) is 20.1 Å². The third kappa shape index (κ3) is 3.98. The first-order valence-electron chi connectivity index (χ1n) is 6.41. The van der Waals surface area contributed by atoms with Gasteiger partial charge in [-0.3, -0.25) is 0 Å². The van der Waals surface area contributed by atoms with E-state index in [0.29, 0.717) is 0 Å². The second kappa shape index (κ2) is 6.39. The van der Waals surface area contributed by atoms with Crippen molar-refractivity contribution in [1.82, 2.24) is 10.2 Å². The number of hydrogen-bond donors (Lipinski definition) is 1. The zero-order chi connectivity index (χ0) is 12.1. The van der Waals surface area contributed by atoms with E-state index < -0.39 is 0 Å². The smallest absolute Gasteiger partial charge is 0.0406 e. The van der Waals surface area contributed by atoms with Crippen LogP contribution in [-0.2, 0) is 6.54 Å². The molecule has 2 rings (SSSR count). The summed E-state index contributed by atoms with van der Waals surface area (Å²) in [7, 11) is 2.23. The average Bonchev–Trinajstić information content (AvgIpc) is 2.73. The Morgan fingerprint density at radius 1 is 1.35 bits per heavy atom. The van der Waals surface area contributed by atoms with Gasteiger partial charge in [-0.1, -0.05) is 23.7 Å². The summed E-state index contributed by atoms with van der Waals surface area (Å²) in [6, 6.07) is 8.84. The Morgan fingerprint density at radius 3 is 2.76 bits per heavy atom. The lowest BCUT2D eigenvalue weighted by Gasteiger charge is -2.19. The van der Waals surface area contributed by atoms with Crippen molar-refractivity contribution >= 4 is 11.6 Å². The first-order chi connectivity index (χ1) is 8.25. The third-order valence-corrected chi connectivity index (χ3v) is 3.82. The van der Waals surface area contributed by atoms with Crippen LogP contribution >= 0.6 is 11.6 Å². The summed E-state index contributed by atoms with van der Waals surface area (Å²) >= 11 is 5.85. The first-order valence-corrected chi connectivity index (χ1v) is 6.79. The van der Waals surface area contributed by atoms with E-state index in [9.17, 15) is 0 Å². The molecule has 1 unspecified atom stereocenters. The van der Waals surface area contributed by atoms with Crippen LogP contribution in [-0.4, -0.2) is 31.1 Å². The number of hydrogen-bond acceptors (Lipinski definition) is 2. The zero-order valence-corrected chi connectivity index (χ0v) is 11.2. The van der Waals surface area contributed by atoms with Gasteiger partial charge in [0.2, 0.25) is 0 Å². The number of benzene rings is 1. The zero-order valence-electron chi connectivity index (χ0n) is 10.5. The Bertz CT molecular complexity index is 337. The van der Waals surface area contributed by atoms with E-state index in [0.717, 1.165) is 24.2 Å². The van der Waals surface area contributed by atoms with Crippen molar-refractivity contribution in [3.8, 4) is 0 Å². The highest BCUT2D eigenvalue weighted by atomic mass is 35.5. The van der Waals surface area contributed by atoms with Gasteiger partial charge < -0.3 is 10.2 Å². The minimum atomic E-state index is 0.785. The monoisotopic (exact) mass is 252 g/mol. The summed E-state index contributed by atoms with van der Waals surface area (Å²) in [5.74, 6) is 0. The maximum Gasteiger partial charge on any atom is 0.0406 e. The van der Waals surface area contributed by atoms with E-state index in [4.69, 9.17) is 11.6 Å². The molecule has 94 valence electrons. The SMILES string of the molecule is CN1CCCC1CCNCc1ccc(Cl)cc1. The van der Waals surface area contributed by atoms with Gasteiger partial charge in [0.25, 0.3) is 0 Å². The molecule has 1 heterocycles. The van der Waals surface area contributed by atoms with Gasteiger partial charge in [0, 0.05) is 17.6 Å². The van der Waals surface area contributed by atoms with Gasteiger partial charge in [-0.05, 0) is 57.1 Å². The second-order valence-electron chi connectivity index (χ2n) is 4.87. The van der Waals surface area contributed by atoms with Crippen LogP contribution in [0.15, 0.2) is 24.3 Å². The highest BCUT2D eigenvalue weighted by Crippen LogP contribution is 2.17. The van der Waals surface area contributed by atoms with Gasteiger partial charge >= 0.3 is 0 Å². The van der Waals surface area contributed by atoms with E-state index in [1.807, 2.05) is 12.1 Å². The minimum absolute atomic E-state index is 0.785. The maximum atomic E-state index is 5.85. The second-order valence-corrected chi connectivity index (χ2v) is 5.31. The van der Waals surface area contributed by atoms with Gasteiger partial charge in [0.05, 0.1) is 0 Å². The predicted octanol–water partition coefficient (Wildman–Crippen LogP) is 2.91. The normalized spacial score (nSPS) is 20.9. The highest BCUT2D eigenvalue weighted by Gasteiger charge is 2.19. The molecule has 1 N–H and O–H groups in total. The molecule has 0 spiro atoms. The molecule has 17 heavy (non-hydrogen) atoms. The van der Waals surface area contributed by atoms with Crippen LogP contribution in [0, 0.1) is 0 Å². The molecule has 1 aromatic rings. The Kier molecular flexibility index (Phi) is 4.84. The molecule has 1 aliphatic rings. The van der Waals surface area contributed by atoms with E-state index >= 15 is 0 Å². The van der Waals surface area contributed by atoms with Gasteiger partial charge in [-0.2, -0.15) is 0 Å². The Hall–Kier alpha value is -0.570. The van der Waals surface area contributed by atoms with E-state index in [1.165, 1.54) is 31.4 Å². The van der Waals surface area contributed by atoms with Crippen molar-refractivity contribution < 1.29 is 0 Å². The molecule has 3 heteroatoms. The average molecular weight is 253 g/mol. The van der Waals surface area contributed by atoms with Crippen LogP contribution in [0.3, 0.4) is 0 Å². The number of likely N-dealkylation sites (tertiary alicyclic amines) is 1. The van der Waals surface area contributed by atoms with Crippen LogP contribution < -0.4 is 5.32 Å². The molecule has 1 aromatic carbocycles. The molecular weight excluding hydrogens is 232 g/mol. The standard InChI is InChI=1S/C14H21ClN2/c1-17-10-2-3-14(17)8-9-16-11-12-4-6-13(15)7-5-12/h4-7,14,16H,2-3,8-11H2,1H3. The summed E-state index contributed by atoms with van der Waals surface area (Å²) in [6.07, 6.45) is 3.97. The molecule has 0 radical (unpaired) electrons. The number of nitrogens with one attached hydrogen (secondary N) is 1. The summed E-state index contributed by atoms with van der Waals surface area (Å²) < 4.78 is 0. The van der Waals surface area contributed by atoms with Crippen molar-refractivity contribution in [3.05, 3.63) is 34.9 Å². The molecular formula is C14H21ClN2. The molecule has 2 nitrogen and oxygen atoms in total. The summed E-state index contributed by atoms with van der Waals surface area (Å²) in [5.41, 5.74) is 1.30. The summed E-state index contributed by atoms with van der Waals surface area (Å²) in [6.45, 7) is 3.30. The van der Waals surface area contributed by atoms with Crippen LogP contribution in [0.4, 0.5) is 0 Å². The van der Waals surface area contributed by atoms with E-state index in [-0.39, 0.29) is 0 Å². The van der Waals surface area contributed by atoms with Crippen LogP contribution in [0.5, 0.6) is 0 Å². The molecule has 0 aliphatic carbocycles. The Balaban J connectivity index is 1.64. The van der Waals surface area contributed by atoms with E-state index in [2.05, 4.69) is 29.4 Å². The number of halogens is 1. The largest absolute Gasteiger partial charge is 0.313 e. The molecule has 0 amide bonds. The van der Waals surface area contributed by atoms with Gasteiger partial charge in [0.15, 0.2) is 0 Å². The van der Waals surface area contributed by atoms with Crippen LogP contribution in [0.2, 0.25) is 5.02 Å². The van der Waals surface area contributed by atoms with Crippen LogP contribution in [0.25, 0.3) is 0 Å². The Morgan fingerprint density at radius 2 is 2.12 bits per heavy atom. The highest BCUT2D eigenvalue weighted by molar-refractivity contribution is 6.30.